The third kappa shape index (κ3) is 5.30. The molecule has 1 N–H and O–H groups in total. The molecule has 41 heavy (non-hydrogen) atoms. The molecule has 5 heteroatoms. The molecule has 2 atom stereocenters. The monoisotopic (exact) mass is 536 g/mol. The zero-order chi connectivity index (χ0) is 28.2. The molecule has 6 rings (SSSR count). The van der Waals surface area contributed by atoms with E-state index < -0.39 is 29.8 Å². The van der Waals surface area contributed by atoms with Gasteiger partial charge in [0.25, 0.3) is 11.8 Å². The van der Waals surface area contributed by atoms with Gasteiger partial charge in [0.1, 0.15) is 6.04 Å². The number of rotatable bonds is 8. The van der Waals surface area contributed by atoms with Crippen LogP contribution in [-0.4, -0.2) is 28.7 Å². The molecule has 3 amide bonds. The largest absolute Gasteiger partial charge is 0.343 e. The summed E-state index contributed by atoms with van der Waals surface area (Å²) in [6, 6.07) is 42.6. The summed E-state index contributed by atoms with van der Waals surface area (Å²) in [6.45, 7) is 0. The fourth-order valence-corrected chi connectivity index (χ4v) is 5.37. The average molecular weight is 537 g/mol. The molecular weight excluding hydrogens is 508 g/mol. The van der Waals surface area contributed by atoms with Crippen molar-refractivity contribution in [2.75, 3.05) is 0 Å². The molecule has 0 aromatic heterocycles. The highest BCUT2D eigenvalue weighted by atomic mass is 16.2. The molecule has 0 unspecified atom stereocenters. The van der Waals surface area contributed by atoms with Gasteiger partial charge in [-0.1, -0.05) is 127 Å². The van der Waals surface area contributed by atoms with Gasteiger partial charge in [-0.2, -0.15) is 0 Å². The minimum absolute atomic E-state index is 0.201. The van der Waals surface area contributed by atoms with E-state index >= 15 is 0 Å². The minimum atomic E-state index is -1.03. The van der Waals surface area contributed by atoms with Gasteiger partial charge in [0.15, 0.2) is 0 Å². The molecule has 0 aliphatic carbocycles. The minimum Gasteiger partial charge on any atom is -0.343 e. The first-order chi connectivity index (χ1) is 20.1. The first-order valence-corrected chi connectivity index (χ1v) is 13.6. The summed E-state index contributed by atoms with van der Waals surface area (Å²) >= 11 is 0. The summed E-state index contributed by atoms with van der Waals surface area (Å²) in [7, 11) is 0. The second-order valence-corrected chi connectivity index (χ2v) is 10.1. The molecule has 0 saturated carbocycles. The van der Waals surface area contributed by atoms with Gasteiger partial charge in [0.05, 0.1) is 17.2 Å². The Morgan fingerprint density at radius 3 is 1.61 bits per heavy atom. The summed E-state index contributed by atoms with van der Waals surface area (Å²) in [6.07, 6.45) is 0.201. The smallest absolute Gasteiger partial charge is 0.262 e. The highest BCUT2D eigenvalue weighted by molar-refractivity contribution is 6.22. The molecule has 0 fully saturated rings. The lowest BCUT2D eigenvalue weighted by Crippen LogP contribution is -2.51. The van der Waals surface area contributed by atoms with Gasteiger partial charge in [0, 0.05) is 6.42 Å². The van der Waals surface area contributed by atoms with Crippen LogP contribution in [0.5, 0.6) is 0 Å². The van der Waals surface area contributed by atoms with Gasteiger partial charge in [-0.3, -0.25) is 19.3 Å². The Labute approximate surface area is 239 Å². The number of carbonyl (C=O) groups is 3. The van der Waals surface area contributed by atoms with Crippen molar-refractivity contribution in [1.82, 2.24) is 10.2 Å². The average Bonchev–Trinajstić information content (AvgIpc) is 3.29. The third-order valence-electron chi connectivity index (χ3n) is 7.48. The van der Waals surface area contributed by atoms with Gasteiger partial charge in [-0.25, -0.2) is 0 Å². The fourth-order valence-electron chi connectivity index (χ4n) is 5.37. The van der Waals surface area contributed by atoms with Crippen LogP contribution in [0.25, 0.3) is 11.1 Å². The highest BCUT2D eigenvalue weighted by Gasteiger charge is 2.43. The standard InChI is InChI=1S/C36H28N2O3/c39-34(32(24-25-12-4-1-5-13-25)38-35(40)30-18-10-11-19-31(30)36(38)41)37-33(28-16-8-3-9-17-28)29-22-20-27(21-23-29)26-14-6-2-7-15-26/h1-23,32-33H,24H2,(H,37,39)/t32-,33-/m0/s1. The maximum atomic E-state index is 14.2. The highest BCUT2D eigenvalue weighted by Crippen LogP contribution is 2.29. The summed E-state index contributed by atoms with van der Waals surface area (Å²) in [5, 5.41) is 3.19. The predicted molar refractivity (Wildman–Crippen MR) is 159 cm³/mol. The van der Waals surface area contributed by atoms with Gasteiger partial charge in [0.2, 0.25) is 5.91 Å². The number of hydrogen-bond acceptors (Lipinski definition) is 3. The van der Waals surface area contributed by atoms with E-state index in [0.29, 0.717) is 11.1 Å². The van der Waals surface area contributed by atoms with Crippen LogP contribution in [0.4, 0.5) is 0 Å². The summed E-state index contributed by atoms with van der Waals surface area (Å²) in [5.41, 5.74) is 5.46. The molecule has 5 nitrogen and oxygen atoms in total. The Hall–Kier alpha value is -5.29. The molecule has 1 heterocycles. The molecule has 5 aromatic rings. The lowest BCUT2D eigenvalue weighted by Gasteiger charge is -2.28. The maximum absolute atomic E-state index is 14.2. The quantitative estimate of drug-likeness (QED) is 0.231. The van der Waals surface area contributed by atoms with Crippen molar-refractivity contribution in [3.8, 4) is 11.1 Å². The van der Waals surface area contributed by atoms with Crippen molar-refractivity contribution in [2.45, 2.75) is 18.5 Å². The van der Waals surface area contributed by atoms with Crippen molar-refractivity contribution in [3.63, 3.8) is 0 Å². The van der Waals surface area contributed by atoms with Gasteiger partial charge >= 0.3 is 0 Å². The zero-order valence-electron chi connectivity index (χ0n) is 22.3. The number of fused-ring (bicyclic) bond motifs is 1. The topological polar surface area (TPSA) is 66.5 Å². The normalized spacial score (nSPS) is 13.9. The van der Waals surface area contributed by atoms with Crippen molar-refractivity contribution in [2.24, 2.45) is 0 Å². The second kappa shape index (κ2) is 11.4. The Morgan fingerprint density at radius 1 is 0.561 bits per heavy atom. The Balaban J connectivity index is 1.35. The van der Waals surface area contributed by atoms with E-state index in [9.17, 15) is 14.4 Å². The van der Waals surface area contributed by atoms with E-state index in [1.54, 1.807) is 24.3 Å². The summed E-state index contributed by atoms with van der Waals surface area (Å²) in [4.78, 5) is 42.2. The second-order valence-electron chi connectivity index (χ2n) is 10.1. The van der Waals surface area contributed by atoms with Crippen LogP contribution in [0.2, 0.25) is 0 Å². The van der Waals surface area contributed by atoms with E-state index in [1.807, 2.05) is 103 Å². The maximum Gasteiger partial charge on any atom is 0.262 e. The van der Waals surface area contributed by atoms with Crippen molar-refractivity contribution >= 4 is 17.7 Å². The zero-order valence-corrected chi connectivity index (χ0v) is 22.3. The first kappa shape index (κ1) is 26.0. The van der Waals surface area contributed by atoms with Crippen LogP contribution in [0.1, 0.15) is 43.4 Å². The SMILES string of the molecule is O=C(N[C@@H](c1ccccc1)c1ccc(-c2ccccc2)cc1)[C@H](Cc1ccccc1)N1C(=O)c2ccccc2C1=O. The van der Waals surface area contributed by atoms with Crippen molar-refractivity contribution in [1.29, 1.82) is 0 Å². The lowest BCUT2D eigenvalue weighted by atomic mass is 9.95. The predicted octanol–water partition coefficient (Wildman–Crippen LogP) is 6.47. The van der Waals surface area contributed by atoms with Crippen LogP contribution < -0.4 is 5.32 Å². The molecule has 200 valence electrons. The van der Waals surface area contributed by atoms with Gasteiger partial charge in [-0.05, 0) is 39.9 Å². The Bertz CT molecular complexity index is 1650. The van der Waals surface area contributed by atoms with E-state index in [4.69, 9.17) is 0 Å². The van der Waals surface area contributed by atoms with E-state index in [0.717, 1.165) is 32.7 Å². The number of benzene rings is 5. The van der Waals surface area contributed by atoms with Gasteiger partial charge in [-0.15, -0.1) is 0 Å². The number of nitrogens with zero attached hydrogens (tertiary/aromatic N) is 1. The van der Waals surface area contributed by atoms with Crippen LogP contribution >= 0.6 is 0 Å². The number of carbonyl (C=O) groups excluding carboxylic acids is 3. The lowest BCUT2D eigenvalue weighted by molar-refractivity contribution is -0.125. The Kier molecular flexibility index (Phi) is 7.25. The Morgan fingerprint density at radius 2 is 1.02 bits per heavy atom. The molecule has 1 aliphatic rings. The van der Waals surface area contributed by atoms with Gasteiger partial charge < -0.3 is 5.32 Å². The van der Waals surface area contributed by atoms with E-state index in [2.05, 4.69) is 17.4 Å². The van der Waals surface area contributed by atoms with E-state index in [1.165, 1.54) is 0 Å². The van der Waals surface area contributed by atoms with Crippen LogP contribution in [0.15, 0.2) is 140 Å². The molecule has 1 aliphatic heterocycles. The third-order valence-corrected chi connectivity index (χ3v) is 7.48. The van der Waals surface area contributed by atoms with Crippen LogP contribution in [0.3, 0.4) is 0 Å². The summed E-state index contributed by atoms with van der Waals surface area (Å²) in [5.74, 6) is -1.31. The molecular formula is C36H28N2O3. The molecule has 0 bridgehead atoms. The van der Waals surface area contributed by atoms with Crippen LogP contribution in [0, 0.1) is 0 Å². The molecule has 0 saturated heterocycles. The molecule has 5 aromatic carbocycles. The van der Waals surface area contributed by atoms with Crippen LogP contribution in [-0.2, 0) is 11.2 Å². The van der Waals surface area contributed by atoms with Crippen molar-refractivity contribution in [3.05, 3.63) is 167 Å². The summed E-state index contributed by atoms with van der Waals surface area (Å²) < 4.78 is 0. The number of imide groups is 1. The molecule has 0 radical (unpaired) electrons. The first-order valence-electron chi connectivity index (χ1n) is 13.6. The molecule has 0 spiro atoms. The van der Waals surface area contributed by atoms with Crippen molar-refractivity contribution < 1.29 is 14.4 Å². The number of nitrogens with one attached hydrogen (secondary N) is 1. The van der Waals surface area contributed by atoms with E-state index in [-0.39, 0.29) is 6.42 Å². The fraction of sp³-hybridized carbons (Fsp3) is 0.0833. The number of amides is 3. The number of hydrogen-bond donors (Lipinski definition) is 1.